The highest BCUT2D eigenvalue weighted by Gasteiger charge is 2.31. The number of carbonyl (C=O) groups excluding carboxylic acids is 3. The Balaban J connectivity index is 1.67. The number of esters is 1. The second-order valence-electron chi connectivity index (χ2n) is 8.77. The third kappa shape index (κ3) is 5.66. The third-order valence-electron chi connectivity index (χ3n) is 5.27. The van der Waals surface area contributed by atoms with E-state index in [0.29, 0.717) is 0 Å². The first-order chi connectivity index (χ1) is 15.2. The summed E-state index contributed by atoms with van der Waals surface area (Å²) in [5.41, 5.74) is 3.75. The first kappa shape index (κ1) is 23.3. The minimum Gasteiger partial charge on any atom is -0.458 e. The van der Waals surface area contributed by atoms with E-state index in [-0.39, 0.29) is 31.3 Å². The summed E-state index contributed by atoms with van der Waals surface area (Å²) in [4.78, 5) is 36.8. The SMILES string of the molecule is CNC(=O)CCC(NC(=O)OCC1c2ccccc2-c2ccccc21)C(=O)OC(C)(C)C. The molecule has 32 heavy (non-hydrogen) atoms. The van der Waals surface area contributed by atoms with Crippen molar-refractivity contribution >= 4 is 18.0 Å². The number of rotatable bonds is 7. The van der Waals surface area contributed by atoms with Crippen LogP contribution in [0.1, 0.15) is 50.7 Å². The van der Waals surface area contributed by atoms with Gasteiger partial charge in [-0.15, -0.1) is 0 Å². The maximum Gasteiger partial charge on any atom is 0.407 e. The molecular weight excluding hydrogens is 408 g/mol. The standard InChI is InChI=1S/C25H30N2O5/c1-25(2,3)32-23(29)21(13-14-22(28)26-4)27-24(30)31-15-20-18-11-7-5-9-16(18)17-10-6-8-12-19(17)20/h5-12,20-21H,13-15H2,1-4H3,(H,26,28)(H,27,30). The topological polar surface area (TPSA) is 93.7 Å². The highest BCUT2D eigenvalue weighted by atomic mass is 16.6. The van der Waals surface area contributed by atoms with Crippen molar-refractivity contribution in [1.82, 2.24) is 10.6 Å². The smallest absolute Gasteiger partial charge is 0.407 e. The van der Waals surface area contributed by atoms with E-state index in [1.54, 1.807) is 20.8 Å². The monoisotopic (exact) mass is 438 g/mol. The second kappa shape index (κ2) is 9.85. The van der Waals surface area contributed by atoms with Gasteiger partial charge in [0.25, 0.3) is 0 Å². The molecule has 7 heteroatoms. The third-order valence-corrected chi connectivity index (χ3v) is 5.27. The van der Waals surface area contributed by atoms with Crippen LogP contribution in [0.3, 0.4) is 0 Å². The molecule has 0 saturated heterocycles. The number of hydrogen-bond donors (Lipinski definition) is 2. The summed E-state index contributed by atoms with van der Waals surface area (Å²) in [5, 5.41) is 5.08. The number of amides is 2. The van der Waals surface area contributed by atoms with E-state index in [1.165, 1.54) is 7.05 Å². The number of fused-ring (bicyclic) bond motifs is 3. The Bertz CT molecular complexity index is 950. The average molecular weight is 439 g/mol. The van der Waals surface area contributed by atoms with Crippen molar-refractivity contribution in [2.24, 2.45) is 0 Å². The lowest BCUT2D eigenvalue weighted by molar-refractivity contribution is -0.157. The zero-order valence-electron chi connectivity index (χ0n) is 18.9. The Morgan fingerprint density at radius 1 is 0.969 bits per heavy atom. The van der Waals surface area contributed by atoms with Crippen LogP contribution in [-0.4, -0.2) is 43.3 Å². The Kier molecular flexibility index (Phi) is 7.18. The fourth-order valence-corrected chi connectivity index (χ4v) is 3.80. The number of nitrogens with one attached hydrogen (secondary N) is 2. The molecule has 170 valence electrons. The molecule has 0 heterocycles. The van der Waals surface area contributed by atoms with Crippen LogP contribution in [0.5, 0.6) is 0 Å². The fraction of sp³-hybridized carbons (Fsp3) is 0.400. The van der Waals surface area contributed by atoms with Gasteiger partial charge in [0, 0.05) is 19.4 Å². The van der Waals surface area contributed by atoms with Gasteiger partial charge in [0.1, 0.15) is 18.2 Å². The predicted molar refractivity (Wildman–Crippen MR) is 121 cm³/mol. The van der Waals surface area contributed by atoms with E-state index in [9.17, 15) is 14.4 Å². The van der Waals surface area contributed by atoms with Gasteiger partial charge in [-0.2, -0.15) is 0 Å². The van der Waals surface area contributed by atoms with Crippen LogP contribution >= 0.6 is 0 Å². The molecule has 2 amide bonds. The fourth-order valence-electron chi connectivity index (χ4n) is 3.80. The van der Waals surface area contributed by atoms with Crippen LogP contribution < -0.4 is 10.6 Å². The van der Waals surface area contributed by atoms with E-state index in [1.807, 2.05) is 36.4 Å². The van der Waals surface area contributed by atoms with Gasteiger partial charge in [-0.1, -0.05) is 48.5 Å². The zero-order valence-corrected chi connectivity index (χ0v) is 18.9. The summed E-state index contributed by atoms with van der Waals surface area (Å²) in [6, 6.07) is 15.1. The molecule has 2 aromatic rings. The summed E-state index contributed by atoms with van der Waals surface area (Å²) in [6.45, 7) is 5.37. The largest absolute Gasteiger partial charge is 0.458 e. The molecule has 2 aromatic carbocycles. The quantitative estimate of drug-likeness (QED) is 0.642. The Labute approximate surface area is 188 Å². The summed E-state index contributed by atoms with van der Waals surface area (Å²) in [7, 11) is 1.52. The molecule has 0 fully saturated rings. The van der Waals surface area contributed by atoms with Crippen LogP contribution in [0.25, 0.3) is 11.1 Å². The normalized spacial score (nSPS) is 13.5. The lowest BCUT2D eigenvalue weighted by Gasteiger charge is -2.24. The number of carbonyl (C=O) groups is 3. The number of alkyl carbamates (subject to hydrolysis) is 1. The Hall–Kier alpha value is -3.35. The van der Waals surface area contributed by atoms with Crippen LogP contribution in [0, 0.1) is 0 Å². The van der Waals surface area contributed by atoms with Crippen molar-refractivity contribution in [3.05, 3.63) is 59.7 Å². The minimum atomic E-state index is -0.984. The first-order valence-electron chi connectivity index (χ1n) is 10.7. The Morgan fingerprint density at radius 2 is 1.53 bits per heavy atom. The molecule has 2 N–H and O–H groups in total. The van der Waals surface area contributed by atoms with Crippen molar-refractivity contribution in [3.8, 4) is 11.1 Å². The maximum absolute atomic E-state index is 12.6. The lowest BCUT2D eigenvalue weighted by atomic mass is 9.98. The van der Waals surface area contributed by atoms with Crippen LogP contribution in [0.15, 0.2) is 48.5 Å². The van der Waals surface area contributed by atoms with Crippen LogP contribution in [0.4, 0.5) is 4.79 Å². The molecule has 1 atom stereocenters. The van der Waals surface area contributed by atoms with Gasteiger partial charge in [-0.25, -0.2) is 9.59 Å². The predicted octanol–water partition coefficient (Wildman–Crippen LogP) is 3.76. The number of hydrogen-bond acceptors (Lipinski definition) is 5. The lowest BCUT2D eigenvalue weighted by Crippen LogP contribution is -2.45. The zero-order chi connectivity index (χ0) is 23.3. The van der Waals surface area contributed by atoms with Gasteiger partial charge in [0.15, 0.2) is 0 Å². The van der Waals surface area contributed by atoms with Gasteiger partial charge >= 0.3 is 12.1 Å². The summed E-state index contributed by atoms with van der Waals surface area (Å²) >= 11 is 0. The second-order valence-corrected chi connectivity index (χ2v) is 8.77. The first-order valence-corrected chi connectivity index (χ1v) is 10.7. The van der Waals surface area contributed by atoms with Crippen molar-refractivity contribution in [2.75, 3.05) is 13.7 Å². The minimum absolute atomic E-state index is 0.0735. The molecule has 0 spiro atoms. The van der Waals surface area contributed by atoms with Crippen molar-refractivity contribution in [1.29, 1.82) is 0 Å². The van der Waals surface area contributed by atoms with E-state index in [4.69, 9.17) is 9.47 Å². The molecule has 0 bridgehead atoms. The molecule has 1 unspecified atom stereocenters. The number of benzene rings is 2. The van der Waals surface area contributed by atoms with Crippen molar-refractivity contribution < 1.29 is 23.9 Å². The van der Waals surface area contributed by atoms with E-state index >= 15 is 0 Å². The Morgan fingerprint density at radius 3 is 2.06 bits per heavy atom. The van der Waals surface area contributed by atoms with Crippen molar-refractivity contribution in [2.45, 2.75) is 51.2 Å². The van der Waals surface area contributed by atoms with Gasteiger partial charge in [-0.3, -0.25) is 4.79 Å². The van der Waals surface area contributed by atoms with Gasteiger partial charge < -0.3 is 20.1 Å². The molecule has 0 saturated carbocycles. The van der Waals surface area contributed by atoms with Gasteiger partial charge in [0.2, 0.25) is 5.91 Å². The molecule has 3 rings (SSSR count). The molecule has 0 aliphatic heterocycles. The van der Waals surface area contributed by atoms with Crippen LogP contribution in [-0.2, 0) is 19.1 Å². The molecule has 7 nitrogen and oxygen atoms in total. The molecule has 1 aliphatic rings. The van der Waals surface area contributed by atoms with Crippen molar-refractivity contribution in [3.63, 3.8) is 0 Å². The van der Waals surface area contributed by atoms with Crippen LogP contribution in [0.2, 0.25) is 0 Å². The highest BCUT2D eigenvalue weighted by molar-refractivity contribution is 5.83. The molecule has 0 aromatic heterocycles. The molecular formula is C25H30N2O5. The highest BCUT2D eigenvalue weighted by Crippen LogP contribution is 2.44. The summed E-state index contributed by atoms with van der Waals surface area (Å²) in [6.07, 6.45) is -0.539. The van der Waals surface area contributed by atoms with E-state index in [0.717, 1.165) is 22.3 Å². The van der Waals surface area contributed by atoms with Gasteiger partial charge in [-0.05, 0) is 49.4 Å². The summed E-state index contributed by atoms with van der Waals surface area (Å²) < 4.78 is 10.9. The van der Waals surface area contributed by atoms with E-state index < -0.39 is 23.7 Å². The molecule has 0 radical (unpaired) electrons. The number of ether oxygens (including phenoxy) is 2. The van der Waals surface area contributed by atoms with E-state index in [2.05, 4.69) is 22.8 Å². The average Bonchev–Trinajstić information content (AvgIpc) is 3.07. The summed E-state index contributed by atoms with van der Waals surface area (Å²) in [5.74, 6) is -0.915. The maximum atomic E-state index is 12.6. The molecule has 1 aliphatic carbocycles. The van der Waals surface area contributed by atoms with Gasteiger partial charge in [0.05, 0.1) is 0 Å².